The Morgan fingerprint density at radius 1 is 1.19 bits per heavy atom. The minimum Gasteiger partial charge on any atom is -0.366 e. The SMILES string of the molecule is N#CCn1cc(Nc2ncc(C#Cc3cccc(C(N)=O)c3)cn2)cn1. The van der Waals surface area contributed by atoms with Gasteiger partial charge in [0, 0.05) is 29.7 Å². The first kappa shape index (κ1) is 16.7. The highest BCUT2D eigenvalue weighted by Gasteiger charge is 2.02. The molecule has 0 unspecified atom stereocenters. The summed E-state index contributed by atoms with van der Waals surface area (Å²) < 4.78 is 1.50. The first-order valence-corrected chi connectivity index (χ1v) is 7.54. The number of anilines is 2. The number of carbonyl (C=O) groups is 1. The van der Waals surface area contributed by atoms with Crippen molar-refractivity contribution in [3.05, 3.63) is 65.7 Å². The largest absolute Gasteiger partial charge is 0.366 e. The fraction of sp³-hybridized carbons (Fsp3) is 0.0556. The van der Waals surface area contributed by atoms with E-state index in [0.29, 0.717) is 28.3 Å². The van der Waals surface area contributed by atoms with Gasteiger partial charge in [-0.25, -0.2) is 9.97 Å². The van der Waals surface area contributed by atoms with Crippen LogP contribution < -0.4 is 11.1 Å². The maximum atomic E-state index is 11.2. The Labute approximate surface area is 149 Å². The molecule has 0 aliphatic rings. The van der Waals surface area contributed by atoms with Gasteiger partial charge in [0.05, 0.1) is 23.5 Å². The summed E-state index contributed by atoms with van der Waals surface area (Å²) in [6, 6.07) is 8.78. The fourth-order valence-corrected chi connectivity index (χ4v) is 2.07. The Morgan fingerprint density at radius 2 is 1.96 bits per heavy atom. The molecule has 0 saturated carbocycles. The lowest BCUT2D eigenvalue weighted by molar-refractivity contribution is 0.100. The smallest absolute Gasteiger partial charge is 0.248 e. The van der Waals surface area contributed by atoms with E-state index < -0.39 is 5.91 Å². The van der Waals surface area contributed by atoms with E-state index in [1.807, 2.05) is 6.07 Å². The van der Waals surface area contributed by atoms with Gasteiger partial charge >= 0.3 is 0 Å². The molecule has 0 saturated heterocycles. The Kier molecular flexibility index (Phi) is 4.88. The molecule has 0 atom stereocenters. The highest BCUT2D eigenvalue weighted by Crippen LogP contribution is 2.11. The second kappa shape index (κ2) is 7.60. The van der Waals surface area contributed by atoms with Crippen molar-refractivity contribution in [2.45, 2.75) is 6.54 Å². The number of carbonyl (C=O) groups excluding carboxylic acids is 1. The van der Waals surface area contributed by atoms with Crippen LogP contribution >= 0.6 is 0 Å². The molecule has 0 radical (unpaired) electrons. The van der Waals surface area contributed by atoms with Gasteiger partial charge in [-0.1, -0.05) is 17.9 Å². The van der Waals surface area contributed by atoms with Crippen LogP contribution in [0.4, 0.5) is 11.6 Å². The van der Waals surface area contributed by atoms with Crippen molar-refractivity contribution in [3.8, 4) is 17.9 Å². The molecular weight excluding hydrogens is 330 g/mol. The Morgan fingerprint density at radius 3 is 2.69 bits per heavy atom. The van der Waals surface area contributed by atoms with Crippen molar-refractivity contribution in [1.29, 1.82) is 5.26 Å². The van der Waals surface area contributed by atoms with Gasteiger partial charge in [0.2, 0.25) is 11.9 Å². The zero-order valence-corrected chi connectivity index (χ0v) is 13.5. The Balaban J connectivity index is 1.69. The van der Waals surface area contributed by atoms with Crippen LogP contribution in [0.3, 0.4) is 0 Å². The molecule has 0 aliphatic carbocycles. The number of primary amides is 1. The number of hydrogen-bond acceptors (Lipinski definition) is 6. The van der Waals surface area contributed by atoms with E-state index in [1.165, 1.54) is 4.68 Å². The van der Waals surface area contributed by atoms with Crippen LogP contribution in [0.1, 0.15) is 21.5 Å². The second-order valence-electron chi connectivity index (χ2n) is 5.20. The topological polar surface area (TPSA) is 123 Å². The van der Waals surface area contributed by atoms with Crippen LogP contribution in [0.5, 0.6) is 0 Å². The average Bonchev–Trinajstić information content (AvgIpc) is 3.09. The summed E-state index contributed by atoms with van der Waals surface area (Å²) in [6.45, 7) is 0.175. The predicted molar refractivity (Wildman–Crippen MR) is 94.1 cm³/mol. The number of aromatic nitrogens is 4. The van der Waals surface area contributed by atoms with E-state index in [0.717, 1.165) is 0 Å². The summed E-state index contributed by atoms with van der Waals surface area (Å²) in [4.78, 5) is 19.6. The quantitative estimate of drug-likeness (QED) is 0.691. The highest BCUT2D eigenvalue weighted by molar-refractivity contribution is 5.93. The fourth-order valence-electron chi connectivity index (χ4n) is 2.07. The summed E-state index contributed by atoms with van der Waals surface area (Å²) in [6.07, 6.45) is 6.44. The summed E-state index contributed by atoms with van der Waals surface area (Å²) >= 11 is 0. The summed E-state index contributed by atoms with van der Waals surface area (Å²) in [7, 11) is 0. The van der Waals surface area contributed by atoms with Crippen molar-refractivity contribution in [1.82, 2.24) is 19.7 Å². The number of nitrogens with two attached hydrogens (primary N) is 1. The molecule has 0 aliphatic heterocycles. The van der Waals surface area contributed by atoms with Crippen molar-refractivity contribution in [2.24, 2.45) is 5.73 Å². The van der Waals surface area contributed by atoms with Crippen LogP contribution in [0.25, 0.3) is 0 Å². The van der Waals surface area contributed by atoms with E-state index in [2.05, 4.69) is 32.2 Å². The van der Waals surface area contributed by atoms with E-state index in [9.17, 15) is 4.79 Å². The molecule has 3 N–H and O–H groups in total. The lowest BCUT2D eigenvalue weighted by Crippen LogP contribution is -2.10. The predicted octanol–water partition coefficient (Wildman–Crippen LogP) is 1.44. The highest BCUT2D eigenvalue weighted by atomic mass is 16.1. The number of benzene rings is 1. The minimum absolute atomic E-state index is 0.175. The maximum Gasteiger partial charge on any atom is 0.248 e. The van der Waals surface area contributed by atoms with E-state index in [1.54, 1.807) is 49.1 Å². The van der Waals surface area contributed by atoms with Gasteiger partial charge < -0.3 is 11.1 Å². The number of nitrogens with one attached hydrogen (secondary N) is 1. The molecule has 1 aromatic carbocycles. The van der Waals surface area contributed by atoms with E-state index in [4.69, 9.17) is 11.0 Å². The van der Waals surface area contributed by atoms with Crippen LogP contribution in [0.2, 0.25) is 0 Å². The number of rotatable bonds is 4. The normalized spacial score (nSPS) is 9.65. The molecule has 8 heteroatoms. The molecule has 3 rings (SSSR count). The Bertz CT molecular complexity index is 1040. The van der Waals surface area contributed by atoms with Gasteiger partial charge in [-0.3, -0.25) is 9.48 Å². The zero-order valence-electron chi connectivity index (χ0n) is 13.5. The third kappa shape index (κ3) is 4.22. The van der Waals surface area contributed by atoms with Crippen molar-refractivity contribution in [2.75, 3.05) is 5.32 Å². The summed E-state index contributed by atoms with van der Waals surface area (Å²) in [5.74, 6) is 5.77. The van der Waals surface area contributed by atoms with Crippen LogP contribution in [-0.2, 0) is 6.54 Å². The van der Waals surface area contributed by atoms with Crippen LogP contribution in [0, 0.1) is 23.2 Å². The number of nitriles is 1. The average molecular weight is 343 g/mol. The van der Waals surface area contributed by atoms with E-state index in [-0.39, 0.29) is 6.54 Å². The molecule has 26 heavy (non-hydrogen) atoms. The van der Waals surface area contributed by atoms with Gasteiger partial charge in [0.15, 0.2) is 0 Å². The Hall–Kier alpha value is -4.17. The molecule has 3 aromatic rings. The van der Waals surface area contributed by atoms with Gasteiger partial charge in [0.1, 0.15) is 6.54 Å². The second-order valence-corrected chi connectivity index (χ2v) is 5.20. The summed E-state index contributed by atoms with van der Waals surface area (Å²) in [5, 5.41) is 15.6. The molecule has 126 valence electrons. The van der Waals surface area contributed by atoms with E-state index >= 15 is 0 Å². The lowest BCUT2D eigenvalue weighted by atomic mass is 10.1. The first-order valence-electron chi connectivity index (χ1n) is 7.54. The minimum atomic E-state index is -0.495. The molecule has 0 bridgehead atoms. The van der Waals surface area contributed by atoms with Crippen molar-refractivity contribution < 1.29 is 4.79 Å². The zero-order chi connectivity index (χ0) is 18.4. The molecule has 2 heterocycles. The molecule has 0 spiro atoms. The molecule has 1 amide bonds. The van der Waals surface area contributed by atoms with Gasteiger partial charge in [-0.15, -0.1) is 0 Å². The molecular formula is C18H13N7O. The third-order valence-electron chi connectivity index (χ3n) is 3.27. The number of nitrogens with zero attached hydrogens (tertiary/aromatic N) is 5. The van der Waals surface area contributed by atoms with Crippen molar-refractivity contribution in [3.63, 3.8) is 0 Å². The monoisotopic (exact) mass is 343 g/mol. The maximum absolute atomic E-state index is 11.2. The van der Waals surface area contributed by atoms with Gasteiger partial charge in [-0.2, -0.15) is 10.4 Å². The van der Waals surface area contributed by atoms with Crippen molar-refractivity contribution >= 4 is 17.5 Å². The summed E-state index contributed by atoms with van der Waals surface area (Å²) in [5.41, 5.74) is 7.64. The number of amides is 1. The van der Waals surface area contributed by atoms with Gasteiger partial charge in [0.25, 0.3) is 0 Å². The molecule has 0 fully saturated rings. The third-order valence-corrected chi connectivity index (χ3v) is 3.27. The lowest BCUT2D eigenvalue weighted by Gasteiger charge is -2.00. The standard InChI is InChI=1S/C18H13N7O/c19-6-7-25-12-16(11-23-25)24-18-21-9-14(10-22-18)5-4-13-2-1-3-15(8-13)17(20)26/h1-3,8-12H,7H2,(H2,20,26)(H,21,22,24). The number of hydrogen-bond donors (Lipinski definition) is 2. The van der Waals surface area contributed by atoms with Crippen LogP contribution in [0.15, 0.2) is 49.1 Å². The van der Waals surface area contributed by atoms with Crippen LogP contribution in [-0.4, -0.2) is 25.7 Å². The molecule has 8 nitrogen and oxygen atoms in total. The molecule has 2 aromatic heterocycles. The van der Waals surface area contributed by atoms with Gasteiger partial charge in [-0.05, 0) is 18.2 Å². The first-order chi connectivity index (χ1) is 12.6.